The molecule has 7 atom stereocenters. The Hall–Kier alpha value is 0.770. The Labute approximate surface area is 613 Å². The standard InChI is InChI=1S/C7H15N.2C7H14O.2C7H14S.C6H13N.2C6H12O.C6H12S.C5H10O.10C2H6/c1-6(2)7-4-3-5-8-7;1-6(2)7-3-4-8-5-7;1-6(2)7-4-3-5-8-7;1-6(2)7-3-4-8-5-7;1-6(2)7-4-3-5-8-7;2*1-5(2)6-3-7-4-6;1-5(2)6-3-4-7-6;1-5(2)6-3-7-4-6;1-4(2)5-3-6-5;10*1-2/h6-8H,3-5H2,1-2H3;4*6-7H,3-5H2,1-2H3;5-7H,3-4H2,1-2H3;3*5-6H,3-4H2,1-2H3;4-5H,3H2,1-2H3;10*1-2H3. The minimum atomic E-state index is 0.565. The van der Waals surface area contributed by atoms with Crippen molar-refractivity contribution in [2.24, 2.45) is 88.8 Å². The van der Waals surface area contributed by atoms with Crippen molar-refractivity contribution in [3.63, 3.8) is 0 Å². The van der Waals surface area contributed by atoms with Gasteiger partial charge in [0.05, 0.1) is 38.1 Å². The van der Waals surface area contributed by atoms with Crippen molar-refractivity contribution in [3.05, 3.63) is 0 Å². The van der Waals surface area contributed by atoms with Crippen LogP contribution in [-0.2, 0) is 23.7 Å². The zero-order chi connectivity index (χ0) is 75.6. The van der Waals surface area contributed by atoms with E-state index in [0.717, 1.165) is 146 Å². The molecule has 94 heavy (non-hydrogen) atoms. The largest absolute Gasteiger partial charge is 0.381 e. The summed E-state index contributed by atoms with van der Waals surface area (Å²) in [6.07, 6.45) is 14.0. The van der Waals surface area contributed by atoms with Gasteiger partial charge >= 0.3 is 0 Å². The van der Waals surface area contributed by atoms with Crippen LogP contribution in [0.3, 0.4) is 0 Å². The van der Waals surface area contributed by atoms with Crippen molar-refractivity contribution in [3.8, 4) is 0 Å². The van der Waals surface area contributed by atoms with Crippen LogP contribution in [0, 0.1) is 88.8 Å². The Morgan fingerprint density at radius 3 is 0.819 bits per heavy atom. The maximum absolute atomic E-state index is 5.41. The molecule has 0 saturated carbocycles. The van der Waals surface area contributed by atoms with Crippen LogP contribution < -0.4 is 10.6 Å². The van der Waals surface area contributed by atoms with Crippen LogP contribution in [-0.4, -0.2) is 124 Å². The molecule has 10 heterocycles. The summed E-state index contributed by atoms with van der Waals surface area (Å²) in [6, 6.07) is 0.815. The van der Waals surface area contributed by atoms with Gasteiger partial charge in [-0.25, -0.2) is 0 Å². The van der Waals surface area contributed by atoms with Crippen molar-refractivity contribution in [2.45, 2.75) is 364 Å². The highest BCUT2D eigenvalue weighted by molar-refractivity contribution is 8.00. The quantitative estimate of drug-likeness (QED) is 0.207. The predicted molar refractivity (Wildman–Crippen MR) is 447 cm³/mol. The van der Waals surface area contributed by atoms with Crippen LogP contribution >= 0.6 is 35.3 Å². The molecule has 0 spiro atoms. The summed E-state index contributed by atoms with van der Waals surface area (Å²) < 4.78 is 25.8. The Kier molecular flexibility index (Phi) is 111. The molecule has 0 aromatic heterocycles. The molecule has 10 aliphatic rings. The van der Waals surface area contributed by atoms with Crippen LogP contribution in [0.4, 0.5) is 0 Å². The average Bonchev–Trinajstić information content (AvgIpc) is 2.54. The van der Waals surface area contributed by atoms with Crippen molar-refractivity contribution in [2.75, 3.05) is 94.6 Å². The van der Waals surface area contributed by atoms with E-state index >= 15 is 0 Å². The Balaban J connectivity index is -0.000000101. The number of hydrogen-bond acceptors (Lipinski definition) is 10. The van der Waals surface area contributed by atoms with Crippen LogP contribution in [0.1, 0.15) is 335 Å². The van der Waals surface area contributed by atoms with Gasteiger partial charge in [-0.05, 0) is 189 Å². The number of thioether (sulfide) groups is 3. The highest BCUT2D eigenvalue weighted by Crippen LogP contribution is 2.32. The second kappa shape index (κ2) is 89.9. The monoisotopic (exact) mass is 1400 g/mol. The lowest BCUT2D eigenvalue weighted by Gasteiger charge is -2.30. The van der Waals surface area contributed by atoms with E-state index in [2.05, 4.69) is 184 Å². The molecule has 10 rings (SSSR count). The highest BCUT2D eigenvalue weighted by Gasteiger charge is 2.26. The maximum atomic E-state index is 5.41. The van der Waals surface area contributed by atoms with Gasteiger partial charge in [-0.3, -0.25) is 0 Å². The van der Waals surface area contributed by atoms with Gasteiger partial charge in [-0.1, -0.05) is 277 Å². The van der Waals surface area contributed by atoms with E-state index in [1.807, 2.05) is 138 Å². The average molecular weight is 1400 g/mol. The second-order valence-corrected chi connectivity index (χ2v) is 30.1. The van der Waals surface area contributed by atoms with Gasteiger partial charge in [0.1, 0.15) is 0 Å². The molecule has 0 aromatic rings. The smallest absolute Gasteiger partial charge is 0.0832 e. The van der Waals surface area contributed by atoms with Gasteiger partial charge in [0.15, 0.2) is 0 Å². The van der Waals surface area contributed by atoms with E-state index in [1.165, 1.54) is 106 Å². The summed E-state index contributed by atoms with van der Waals surface area (Å²) in [6.45, 7) is 95.9. The molecule has 0 radical (unpaired) electrons. The van der Waals surface area contributed by atoms with Gasteiger partial charge in [-0.2, -0.15) is 35.3 Å². The molecular formula is C84H190N2O5S3. The third-order valence-electron chi connectivity index (χ3n) is 16.7. The number of rotatable bonds is 10. The lowest BCUT2D eigenvalue weighted by molar-refractivity contribution is -0.0763. The summed E-state index contributed by atoms with van der Waals surface area (Å²) in [5.41, 5.74) is 0. The van der Waals surface area contributed by atoms with Crippen LogP contribution in [0.25, 0.3) is 0 Å². The van der Waals surface area contributed by atoms with Gasteiger partial charge in [0.25, 0.3) is 0 Å². The second-order valence-electron chi connectivity index (χ2n) is 26.6. The van der Waals surface area contributed by atoms with Crippen LogP contribution in [0.15, 0.2) is 0 Å². The van der Waals surface area contributed by atoms with Crippen molar-refractivity contribution < 1.29 is 23.7 Å². The third kappa shape index (κ3) is 74.0. The first-order valence-electron chi connectivity index (χ1n) is 41.3. The van der Waals surface area contributed by atoms with Gasteiger partial charge < -0.3 is 34.3 Å². The van der Waals surface area contributed by atoms with E-state index < -0.39 is 0 Å². The molecule has 10 aliphatic heterocycles. The van der Waals surface area contributed by atoms with E-state index in [0.29, 0.717) is 18.3 Å². The molecule has 0 aromatic carbocycles. The lowest BCUT2D eigenvalue weighted by atomic mass is 9.91. The van der Waals surface area contributed by atoms with E-state index in [-0.39, 0.29) is 0 Å². The fraction of sp³-hybridized carbons (Fsp3) is 1.00. The van der Waals surface area contributed by atoms with E-state index in [4.69, 9.17) is 23.7 Å². The first-order chi connectivity index (χ1) is 45.0. The normalized spacial score (nSPS) is 22.6. The third-order valence-corrected chi connectivity index (χ3v) is 20.9. The fourth-order valence-corrected chi connectivity index (χ4v) is 13.1. The number of nitrogens with one attached hydrogen (secondary N) is 2. The number of ether oxygens (including phenoxy) is 5. The minimum absolute atomic E-state index is 0.565. The van der Waals surface area contributed by atoms with Crippen LogP contribution in [0.5, 0.6) is 0 Å². The number of epoxide rings is 1. The minimum Gasteiger partial charge on any atom is -0.381 e. The zero-order valence-corrected chi connectivity index (χ0v) is 75.2. The highest BCUT2D eigenvalue weighted by atomic mass is 32.2. The summed E-state index contributed by atoms with van der Waals surface area (Å²) in [5.74, 6) is 20.1. The summed E-state index contributed by atoms with van der Waals surface area (Å²) in [5, 5.41) is 7.68. The molecule has 10 saturated heterocycles. The zero-order valence-electron chi connectivity index (χ0n) is 72.8. The fourth-order valence-electron chi connectivity index (χ4n) is 8.97. The summed E-state index contributed by atoms with van der Waals surface area (Å²) >= 11 is 6.33. The molecule has 584 valence electrons. The Morgan fingerprint density at radius 2 is 0.713 bits per heavy atom. The van der Waals surface area contributed by atoms with Crippen molar-refractivity contribution in [1.82, 2.24) is 10.6 Å². The summed E-state index contributed by atoms with van der Waals surface area (Å²) in [7, 11) is 0. The molecule has 0 bridgehead atoms. The van der Waals surface area contributed by atoms with E-state index in [1.54, 1.807) is 0 Å². The van der Waals surface area contributed by atoms with Crippen LogP contribution in [0.2, 0.25) is 0 Å². The van der Waals surface area contributed by atoms with Crippen molar-refractivity contribution in [1.29, 1.82) is 0 Å². The SMILES string of the molecule is CC.CC.CC.CC.CC.CC.CC.CC.CC.CC.CC(C)C1CCCN1.CC(C)C1CCCO1.CC(C)C1CCCS1.CC(C)C1CCO1.CC(C)C1CCOC1.CC(C)C1CCSC1.CC(C)C1CNC1.CC(C)C1CO1.CC(C)C1COC1.CC(C)C1CSC1. The van der Waals surface area contributed by atoms with Crippen molar-refractivity contribution >= 4 is 35.3 Å². The van der Waals surface area contributed by atoms with Gasteiger partial charge in [0.2, 0.25) is 0 Å². The molecule has 10 heteroatoms. The maximum Gasteiger partial charge on any atom is 0.0832 e. The lowest BCUT2D eigenvalue weighted by Crippen LogP contribution is -2.44. The molecule has 0 aliphatic carbocycles. The topological polar surface area (TPSA) is 73.5 Å². The molecule has 0 amide bonds. The van der Waals surface area contributed by atoms with E-state index in [9.17, 15) is 0 Å². The summed E-state index contributed by atoms with van der Waals surface area (Å²) in [4.78, 5) is 0. The molecule has 10 fully saturated rings. The molecule has 7 unspecified atom stereocenters. The Bertz CT molecular complexity index is 1030. The predicted octanol–water partition coefficient (Wildman–Crippen LogP) is 26.7. The van der Waals surface area contributed by atoms with Gasteiger partial charge in [-0.15, -0.1) is 0 Å². The number of hydrogen-bond donors (Lipinski definition) is 2. The molecular weight excluding hydrogens is 1210 g/mol. The first kappa shape index (κ1) is 116. The molecule has 2 N–H and O–H groups in total. The van der Waals surface area contributed by atoms with Gasteiger partial charge in [0, 0.05) is 43.6 Å². The molecule has 7 nitrogen and oxygen atoms in total. The first-order valence-corrected chi connectivity index (χ1v) is 44.6. The Morgan fingerprint density at radius 1 is 0.298 bits per heavy atom.